The van der Waals surface area contributed by atoms with E-state index in [0.717, 1.165) is 18.7 Å². The number of nitrogens with zero attached hydrogens (tertiary/aromatic N) is 2. The van der Waals surface area contributed by atoms with Gasteiger partial charge in [-0.15, -0.1) is 0 Å². The maximum absolute atomic E-state index is 12.0. The number of benzene rings is 1. The van der Waals surface area contributed by atoms with Crippen LogP contribution in [0.1, 0.15) is 5.56 Å². The molecule has 2 aliphatic heterocycles. The zero-order valence-corrected chi connectivity index (χ0v) is 14.1. The molecule has 0 amide bonds. The molecule has 0 radical (unpaired) electrons. The molecule has 116 valence electrons. The van der Waals surface area contributed by atoms with Gasteiger partial charge in [0.2, 0.25) is 0 Å². The van der Waals surface area contributed by atoms with Crippen LogP contribution in [-0.2, 0) is 16.4 Å². The van der Waals surface area contributed by atoms with Gasteiger partial charge in [0.15, 0.2) is 9.84 Å². The SMILES string of the molecule is CN1CCN(Cc2cc(Cl)cc(Cl)c2)[C@@H]2CS(=O)(=O)C[C@@H]21. The molecule has 2 saturated heterocycles. The van der Waals surface area contributed by atoms with Crippen LogP contribution in [-0.4, -0.2) is 61.9 Å². The van der Waals surface area contributed by atoms with E-state index in [4.69, 9.17) is 23.2 Å². The summed E-state index contributed by atoms with van der Waals surface area (Å²) >= 11 is 12.1. The van der Waals surface area contributed by atoms with Crippen LogP contribution < -0.4 is 0 Å². The van der Waals surface area contributed by atoms with Crippen molar-refractivity contribution in [2.24, 2.45) is 0 Å². The van der Waals surface area contributed by atoms with Gasteiger partial charge in [-0.05, 0) is 30.8 Å². The van der Waals surface area contributed by atoms with E-state index in [1.165, 1.54) is 0 Å². The molecule has 21 heavy (non-hydrogen) atoms. The second-order valence-electron chi connectivity index (χ2n) is 5.94. The second-order valence-corrected chi connectivity index (χ2v) is 8.97. The van der Waals surface area contributed by atoms with Gasteiger partial charge in [-0.25, -0.2) is 8.42 Å². The highest BCUT2D eigenvalue weighted by Gasteiger charge is 2.45. The van der Waals surface area contributed by atoms with E-state index in [1.807, 2.05) is 19.2 Å². The number of piperazine rings is 1. The molecule has 7 heteroatoms. The van der Waals surface area contributed by atoms with Crippen molar-refractivity contribution in [2.45, 2.75) is 18.6 Å². The molecule has 0 unspecified atom stereocenters. The summed E-state index contributed by atoms with van der Waals surface area (Å²) < 4.78 is 23.9. The fourth-order valence-electron chi connectivity index (χ4n) is 3.33. The Bertz CT molecular complexity index is 630. The smallest absolute Gasteiger partial charge is 0.153 e. The van der Waals surface area contributed by atoms with Crippen molar-refractivity contribution >= 4 is 33.0 Å². The van der Waals surface area contributed by atoms with E-state index in [1.54, 1.807) is 6.07 Å². The molecule has 1 aromatic rings. The quantitative estimate of drug-likeness (QED) is 0.818. The number of hydrogen-bond donors (Lipinski definition) is 0. The van der Waals surface area contributed by atoms with E-state index in [9.17, 15) is 8.42 Å². The molecule has 0 aromatic heterocycles. The summed E-state index contributed by atoms with van der Waals surface area (Å²) in [6.45, 7) is 2.42. The Labute approximate surface area is 135 Å². The molecule has 3 rings (SSSR count). The first kappa shape index (κ1) is 15.6. The van der Waals surface area contributed by atoms with Gasteiger partial charge in [0, 0.05) is 41.8 Å². The van der Waals surface area contributed by atoms with Crippen molar-refractivity contribution in [3.05, 3.63) is 33.8 Å². The predicted molar refractivity (Wildman–Crippen MR) is 85.7 cm³/mol. The average Bonchev–Trinajstić information content (AvgIpc) is 2.68. The van der Waals surface area contributed by atoms with Gasteiger partial charge in [-0.3, -0.25) is 9.80 Å². The first-order valence-electron chi connectivity index (χ1n) is 6.94. The monoisotopic (exact) mass is 348 g/mol. The lowest BCUT2D eigenvalue weighted by molar-refractivity contribution is 0.0573. The van der Waals surface area contributed by atoms with Crippen molar-refractivity contribution in [1.29, 1.82) is 0 Å². The minimum absolute atomic E-state index is 0.0616. The van der Waals surface area contributed by atoms with Crippen LogP contribution in [0.15, 0.2) is 18.2 Å². The van der Waals surface area contributed by atoms with E-state index >= 15 is 0 Å². The summed E-state index contributed by atoms with van der Waals surface area (Å²) in [7, 11) is -0.933. The molecule has 2 atom stereocenters. The Morgan fingerprint density at radius 1 is 1.10 bits per heavy atom. The van der Waals surface area contributed by atoms with E-state index < -0.39 is 9.84 Å². The molecule has 2 fully saturated rings. The van der Waals surface area contributed by atoms with Crippen LogP contribution in [0.5, 0.6) is 0 Å². The average molecular weight is 349 g/mol. The molecule has 1 aromatic carbocycles. The fraction of sp³-hybridized carbons (Fsp3) is 0.571. The highest BCUT2D eigenvalue weighted by atomic mass is 35.5. The lowest BCUT2D eigenvalue weighted by atomic mass is 10.0. The van der Waals surface area contributed by atoms with Gasteiger partial charge >= 0.3 is 0 Å². The normalized spacial score (nSPS) is 29.5. The summed E-state index contributed by atoms with van der Waals surface area (Å²) in [5.41, 5.74) is 1.03. The number of sulfone groups is 1. The minimum Gasteiger partial charge on any atom is -0.300 e. The van der Waals surface area contributed by atoms with Gasteiger partial charge in [0.1, 0.15) is 0 Å². The Balaban J connectivity index is 1.82. The number of halogens is 2. The van der Waals surface area contributed by atoms with Gasteiger partial charge in [0.25, 0.3) is 0 Å². The van der Waals surface area contributed by atoms with Crippen LogP contribution in [0.4, 0.5) is 0 Å². The number of rotatable bonds is 2. The number of likely N-dealkylation sites (N-methyl/N-ethyl adjacent to an activating group) is 1. The van der Waals surface area contributed by atoms with E-state index in [2.05, 4.69) is 9.80 Å². The molecule has 0 saturated carbocycles. The van der Waals surface area contributed by atoms with Crippen molar-refractivity contribution in [3.8, 4) is 0 Å². The first-order chi connectivity index (χ1) is 9.84. The fourth-order valence-corrected chi connectivity index (χ4v) is 5.99. The van der Waals surface area contributed by atoms with E-state index in [0.29, 0.717) is 16.6 Å². The molecule has 2 heterocycles. The lowest BCUT2D eigenvalue weighted by Crippen LogP contribution is -2.57. The van der Waals surface area contributed by atoms with Crippen molar-refractivity contribution in [3.63, 3.8) is 0 Å². The highest BCUT2D eigenvalue weighted by molar-refractivity contribution is 7.91. The van der Waals surface area contributed by atoms with Crippen LogP contribution in [0, 0.1) is 0 Å². The standard InChI is InChI=1S/C14H18Cl2N2O2S/c1-17-2-3-18(14-9-21(19,20)8-13(14)17)7-10-4-11(15)6-12(16)5-10/h4-6,13-14H,2-3,7-9H2,1H3/t13-,14+/m0/s1. The van der Waals surface area contributed by atoms with Crippen LogP contribution >= 0.6 is 23.2 Å². The molecule has 0 bridgehead atoms. The predicted octanol–water partition coefficient (Wildman–Crippen LogP) is 1.91. The lowest BCUT2D eigenvalue weighted by Gasteiger charge is -2.42. The minimum atomic E-state index is -2.94. The third-order valence-corrected chi connectivity index (χ3v) is 6.51. The van der Waals surface area contributed by atoms with E-state index in [-0.39, 0.29) is 23.6 Å². The Kier molecular flexibility index (Phi) is 4.23. The van der Waals surface area contributed by atoms with Crippen LogP contribution in [0.3, 0.4) is 0 Å². The summed E-state index contributed by atoms with van der Waals surface area (Å²) in [5, 5.41) is 1.23. The topological polar surface area (TPSA) is 40.6 Å². The zero-order chi connectivity index (χ0) is 15.2. The second kappa shape index (κ2) is 5.70. The maximum atomic E-state index is 12.0. The molecule has 2 aliphatic rings. The van der Waals surface area contributed by atoms with Crippen molar-refractivity contribution in [1.82, 2.24) is 9.80 Å². The molecular formula is C14H18Cl2N2O2S. The number of fused-ring (bicyclic) bond motifs is 1. The largest absolute Gasteiger partial charge is 0.300 e. The summed E-state index contributed by atoms with van der Waals surface area (Å²) in [6.07, 6.45) is 0. The third kappa shape index (κ3) is 3.37. The molecule has 0 spiro atoms. The third-order valence-electron chi connectivity index (χ3n) is 4.38. The Morgan fingerprint density at radius 3 is 2.38 bits per heavy atom. The van der Waals surface area contributed by atoms with Gasteiger partial charge in [0.05, 0.1) is 11.5 Å². The maximum Gasteiger partial charge on any atom is 0.153 e. The van der Waals surface area contributed by atoms with Crippen LogP contribution in [0.2, 0.25) is 10.0 Å². The molecular weight excluding hydrogens is 331 g/mol. The van der Waals surface area contributed by atoms with Crippen LogP contribution in [0.25, 0.3) is 0 Å². The Hall–Kier alpha value is -0.330. The van der Waals surface area contributed by atoms with Crippen molar-refractivity contribution in [2.75, 3.05) is 31.6 Å². The molecule has 0 aliphatic carbocycles. The van der Waals surface area contributed by atoms with Crippen molar-refractivity contribution < 1.29 is 8.42 Å². The summed E-state index contributed by atoms with van der Waals surface area (Å²) in [5.74, 6) is 0.511. The molecule has 4 nitrogen and oxygen atoms in total. The highest BCUT2D eigenvalue weighted by Crippen LogP contribution is 2.28. The summed E-state index contributed by atoms with van der Waals surface area (Å²) in [6, 6.07) is 5.65. The molecule has 0 N–H and O–H groups in total. The van der Waals surface area contributed by atoms with Gasteiger partial charge in [-0.1, -0.05) is 23.2 Å². The Morgan fingerprint density at radius 2 is 1.71 bits per heavy atom. The van der Waals surface area contributed by atoms with Gasteiger partial charge in [-0.2, -0.15) is 0 Å². The summed E-state index contributed by atoms with van der Waals surface area (Å²) in [4.78, 5) is 4.41. The first-order valence-corrected chi connectivity index (χ1v) is 9.51. The van der Waals surface area contributed by atoms with Gasteiger partial charge < -0.3 is 0 Å². The number of hydrogen-bond acceptors (Lipinski definition) is 4. The zero-order valence-electron chi connectivity index (χ0n) is 11.8.